The van der Waals surface area contributed by atoms with E-state index in [-0.39, 0.29) is 6.71 Å². The second kappa shape index (κ2) is 11.1. The number of hydrogen-bond donors (Lipinski definition) is 0. The molecular weight excluding hydrogens is 683 g/mol. The number of benzene rings is 8. The van der Waals surface area contributed by atoms with Crippen LogP contribution in [0.5, 0.6) is 0 Å². The topological polar surface area (TPSA) is 27.8 Å². The molecule has 0 saturated heterocycles. The maximum atomic E-state index is 6.72. The van der Waals surface area contributed by atoms with Gasteiger partial charge in [-0.15, -0.1) is 0 Å². The second-order valence-electron chi connectivity index (χ2n) is 14.9. The van der Waals surface area contributed by atoms with E-state index in [0.717, 1.165) is 50.4 Å². The molecule has 3 aliphatic rings. The molecule has 5 nitrogen and oxygen atoms in total. The number of fused-ring (bicyclic) bond motifs is 7. The summed E-state index contributed by atoms with van der Waals surface area (Å²) in [6.45, 7) is 0.0745. The first kappa shape index (κ1) is 30.0. The van der Waals surface area contributed by atoms with Gasteiger partial charge in [-0.25, -0.2) is 0 Å². The van der Waals surface area contributed by atoms with Gasteiger partial charge in [-0.1, -0.05) is 103 Å². The van der Waals surface area contributed by atoms with Crippen molar-refractivity contribution < 1.29 is 4.42 Å². The normalized spacial score (nSPS) is 13.2. The second-order valence-corrected chi connectivity index (χ2v) is 14.9. The molecule has 6 heteroatoms. The highest BCUT2D eigenvalue weighted by Crippen LogP contribution is 2.51. The van der Waals surface area contributed by atoms with Gasteiger partial charge in [0.25, 0.3) is 6.71 Å². The van der Waals surface area contributed by atoms with Crippen molar-refractivity contribution in [2.24, 2.45) is 0 Å². The molecule has 8 aromatic carbocycles. The maximum Gasteiger partial charge on any atom is 0.275 e. The Morgan fingerprint density at radius 1 is 0.429 bits per heavy atom. The van der Waals surface area contributed by atoms with Crippen molar-refractivity contribution in [1.29, 1.82) is 0 Å². The SMILES string of the molecule is c1ccc(N(c2ccccc2)c2cccc(N3c4cccc5c4B4c6c(cccc6-n6c4c3c3ccccc36)N5c3cccc4c3oc3ccccc34)c2)cc1. The van der Waals surface area contributed by atoms with E-state index in [1.165, 1.54) is 55.9 Å². The molecule has 0 unspecified atom stereocenters. The maximum absolute atomic E-state index is 6.72. The van der Waals surface area contributed by atoms with E-state index in [2.05, 4.69) is 201 Å². The highest BCUT2D eigenvalue weighted by atomic mass is 16.3. The molecule has 3 aliphatic heterocycles. The third-order valence-corrected chi connectivity index (χ3v) is 12.0. The van der Waals surface area contributed by atoms with Crippen LogP contribution >= 0.6 is 0 Å². The Morgan fingerprint density at radius 3 is 1.75 bits per heavy atom. The van der Waals surface area contributed by atoms with Gasteiger partial charge in [0.1, 0.15) is 5.58 Å². The number of aromatic nitrogens is 1. The van der Waals surface area contributed by atoms with Crippen LogP contribution < -0.4 is 31.2 Å². The lowest BCUT2D eigenvalue weighted by molar-refractivity contribution is 0.669. The zero-order valence-electron chi connectivity index (χ0n) is 30.2. The fourth-order valence-corrected chi connectivity index (χ4v) is 9.93. The van der Waals surface area contributed by atoms with Crippen molar-refractivity contribution in [3.05, 3.63) is 188 Å². The van der Waals surface area contributed by atoms with Gasteiger partial charge in [-0.3, -0.25) is 0 Å². The van der Waals surface area contributed by atoms with Crippen molar-refractivity contribution in [3.63, 3.8) is 0 Å². The lowest BCUT2D eigenvalue weighted by Gasteiger charge is -2.41. The van der Waals surface area contributed by atoms with Crippen LogP contribution in [-0.4, -0.2) is 11.3 Å². The first-order valence-electron chi connectivity index (χ1n) is 19.2. The molecule has 0 amide bonds. The molecular formula is C50H31BN4O. The average molecular weight is 715 g/mol. The summed E-state index contributed by atoms with van der Waals surface area (Å²) in [5, 5.41) is 3.50. The fourth-order valence-electron chi connectivity index (χ4n) is 9.93. The largest absolute Gasteiger partial charge is 0.454 e. The van der Waals surface area contributed by atoms with Crippen LogP contribution in [0.4, 0.5) is 51.2 Å². The minimum absolute atomic E-state index is 0.0745. The summed E-state index contributed by atoms with van der Waals surface area (Å²) in [7, 11) is 0. The van der Waals surface area contributed by atoms with Crippen LogP contribution in [0.15, 0.2) is 192 Å². The Balaban J connectivity index is 1.10. The molecule has 56 heavy (non-hydrogen) atoms. The highest BCUT2D eigenvalue weighted by Gasteiger charge is 2.51. The van der Waals surface area contributed by atoms with Crippen molar-refractivity contribution in [2.75, 3.05) is 14.7 Å². The number of para-hydroxylation sites is 5. The summed E-state index contributed by atoms with van der Waals surface area (Å²) < 4.78 is 9.26. The molecule has 10 aromatic rings. The fraction of sp³-hybridized carbons (Fsp3) is 0. The number of nitrogens with zero attached hydrogens (tertiary/aromatic N) is 4. The Labute approximate surface area is 323 Å². The summed E-state index contributed by atoms with van der Waals surface area (Å²) >= 11 is 0. The van der Waals surface area contributed by atoms with Gasteiger partial charge in [-0.2, -0.15) is 0 Å². The van der Waals surface area contributed by atoms with Crippen molar-refractivity contribution in [2.45, 2.75) is 0 Å². The molecule has 0 aliphatic carbocycles. The third-order valence-electron chi connectivity index (χ3n) is 12.0. The Hall–Kier alpha value is -7.44. The van der Waals surface area contributed by atoms with Crippen LogP contribution in [0.1, 0.15) is 0 Å². The predicted molar refractivity (Wildman–Crippen MR) is 233 cm³/mol. The first-order valence-corrected chi connectivity index (χ1v) is 19.2. The number of anilines is 9. The molecule has 260 valence electrons. The molecule has 13 rings (SSSR count). The van der Waals surface area contributed by atoms with Crippen LogP contribution in [0, 0.1) is 0 Å². The Morgan fingerprint density at radius 2 is 0.982 bits per heavy atom. The Kier molecular flexibility index (Phi) is 5.92. The van der Waals surface area contributed by atoms with Gasteiger partial charge in [0.2, 0.25) is 0 Å². The summed E-state index contributed by atoms with van der Waals surface area (Å²) in [5.74, 6) is 0. The summed E-state index contributed by atoms with van der Waals surface area (Å²) in [5.41, 5.74) is 18.5. The number of hydrogen-bond acceptors (Lipinski definition) is 4. The first-order chi connectivity index (χ1) is 27.8. The summed E-state index contributed by atoms with van der Waals surface area (Å²) in [4.78, 5) is 7.33. The van der Waals surface area contributed by atoms with Crippen LogP contribution in [0.2, 0.25) is 0 Å². The lowest BCUT2D eigenvalue weighted by atomic mass is 9.36. The van der Waals surface area contributed by atoms with E-state index in [4.69, 9.17) is 4.42 Å². The molecule has 0 radical (unpaired) electrons. The molecule has 0 atom stereocenters. The monoisotopic (exact) mass is 714 g/mol. The number of rotatable bonds is 5. The van der Waals surface area contributed by atoms with Crippen molar-refractivity contribution >= 4 is 107 Å². The van der Waals surface area contributed by atoms with Gasteiger partial charge < -0.3 is 23.7 Å². The molecule has 2 aromatic heterocycles. The van der Waals surface area contributed by atoms with E-state index in [0.29, 0.717) is 0 Å². The van der Waals surface area contributed by atoms with Gasteiger partial charge in [0.15, 0.2) is 5.58 Å². The van der Waals surface area contributed by atoms with Crippen molar-refractivity contribution in [1.82, 2.24) is 4.57 Å². The smallest absolute Gasteiger partial charge is 0.275 e. The third kappa shape index (κ3) is 3.85. The van der Waals surface area contributed by atoms with Crippen molar-refractivity contribution in [3.8, 4) is 5.69 Å². The summed E-state index contributed by atoms with van der Waals surface area (Å²) in [6, 6.07) is 67.8. The van der Waals surface area contributed by atoms with Crippen LogP contribution in [0.3, 0.4) is 0 Å². The Bertz CT molecular complexity index is 3200. The summed E-state index contributed by atoms with van der Waals surface area (Å²) in [6.07, 6.45) is 0. The number of furan rings is 1. The molecule has 0 saturated carbocycles. The average Bonchev–Trinajstić information content (AvgIpc) is 3.93. The van der Waals surface area contributed by atoms with Gasteiger partial charge in [-0.05, 0) is 95.9 Å². The van der Waals surface area contributed by atoms with Gasteiger partial charge >= 0.3 is 0 Å². The van der Waals surface area contributed by atoms with Gasteiger partial charge in [0.05, 0.1) is 16.9 Å². The molecule has 0 spiro atoms. The van der Waals surface area contributed by atoms with Gasteiger partial charge in [0, 0.05) is 67.3 Å². The molecule has 5 heterocycles. The molecule has 0 fully saturated rings. The van der Waals surface area contributed by atoms with Crippen LogP contribution in [0.25, 0.3) is 38.5 Å². The minimum Gasteiger partial charge on any atom is -0.454 e. The zero-order valence-corrected chi connectivity index (χ0v) is 30.2. The van der Waals surface area contributed by atoms with E-state index in [1.807, 2.05) is 6.07 Å². The minimum atomic E-state index is 0.0745. The van der Waals surface area contributed by atoms with E-state index in [9.17, 15) is 0 Å². The predicted octanol–water partition coefficient (Wildman–Crippen LogP) is 11.4. The van der Waals surface area contributed by atoms with E-state index in [1.54, 1.807) is 0 Å². The molecule has 0 N–H and O–H groups in total. The highest BCUT2D eigenvalue weighted by molar-refractivity contribution is 7.02. The zero-order chi connectivity index (χ0) is 36.5. The lowest BCUT2D eigenvalue weighted by Crippen LogP contribution is -2.59. The molecule has 0 bridgehead atoms. The van der Waals surface area contributed by atoms with E-state index < -0.39 is 0 Å². The quantitative estimate of drug-likeness (QED) is 0.166. The van der Waals surface area contributed by atoms with Crippen LogP contribution in [-0.2, 0) is 0 Å². The van der Waals surface area contributed by atoms with E-state index >= 15 is 0 Å². The standard InChI is InChI=1S/C50H31BN4O/c1-3-15-32(16-4-1)52(33-17-5-2-6-18-33)34-19-11-20-35(31-34)53-40-25-13-26-41-46(40)51-47-42(27-14-28-43(47)55-39-24-9-7-22-38(39)48(53)50(51)55)54(41)44-29-12-23-37-36-21-8-10-30-45(36)56-49(37)44/h1-31H.